The maximum atomic E-state index is 12.8. The van der Waals surface area contributed by atoms with E-state index in [0.29, 0.717) is 11.3 Å². The molecule has 1 aliphatic rings. The van der Waals surface area contributed by atoms with Gasteiger partial charge in [0.15, 0.2) is 0 Å². The van der Waals surface area contributed by atoms with E-state index in [0.717, 1.165) is 12.1 Å². The number of fused-ring (bicyclic) bond motifs is 1. The number of nitriles is 1. The molecular formula is C15H8ClF3N2O. The van der Waals surface area contributed by atoms with Crippen LogP contribution in [0, 0.1) is 11.3 Å². The lowest BCUT2D eigenvalue weighted by Gasteiger charge is -2.11. The highest BCUT2D eigenvalue weighted by molar-refractivity contribution is 6.32. The largest absolute Gasteiger partial charge is 0.482 e. The molecule has 7 heteroatoms. The number of hydrogen-bond acceptors (Lipinski definition) is 3. The van der Waals surface area contributed by atoms with E-state index in [1.54, 1.807) is 18.2 Å². The molecule has 0 saturated carbocycles. The van der Waals surface area contributed by atoms with E-state index in [9.17, 15) is 13.2 Å². The Morgan fingerprint density at radius 3 is 2.77 bits per heavy atom. The van der Waals surface area contributed by atoms with Crippen LogP contribution in [-0.2, 0) is 12.6 Å². The highest BCUT2D eigenvalue weighted by Gasteiger charge is 2.35. The Morgan fingerprint density at radius 2 is 2.09 bits per heavy atom. The summed E-state index contributed by atoms with van der Waals surface area (Å²) >= 11 is 5.89. The van der Waals surface area contributed by atoms with Gasteiger partial charge in [-0.1, -0.05) is 17.7 Å². The standard InChI is InChI=1S/C15H8ClF3N2O/c16-11-6-9(15(17,18)19)4-8-5-13(22-14(8)11)12-3-1-2-10(7-20)21-12/h1-4,6,13H,5H2. The monoisotopic (exact) mass is 324 g/mol. The average Bonchev–Trinajstić information content (AvgIpc) is 2.91. The zero-order chi connectivity index (χ0) is 15.9. The van der Waals surface area contributed by atoms with Crippen molar-refractivity contribution in [1.82, 2.24) is 4.98 Å². The van der Waals surface area contributed by atoms with Gasteiger partial charge in [0.1, 0.15) is 23.6 Å². The molecule has 3 rings (SSSR count). The van der Waals surface area contributed by atoms with Crippen LogP contribution in [0.3, 0.4) is 0 Å². The van der Waals surface area contributed by atoms with Gasteiger partial charge in [0.25, 0.3) is 0 Å². The summed E-state index contributed by atoms with van der Waals surface area (Å²) < 4.78 is 44.0. The van der Waals surface area contributed by atoms with E-state index in [4.69, 9.17) is 21.6 Å². The van der Waals surface area contributed by atoms with Crippen molar-refractivity contribution in [3.05, 3.63) is 57.9 Å². The van der Waals surface area contributed by atoms with Gasteiger partial charge in [-0.3, -0.25) is 0 Å². The van der Waals surface area contributed by atoms with Crippen LogP contribution in [0.25, 0.3) is 0 Å². The zero-order valence-electron chi connectivity index (χ0n) is 11.0. The van der Waals surface area contributed by atoms with Crippen LogP contribution >= 0.6 is 11.6 Å². The number of hydrogen-bond donors (Lipinski definition) is 0. The van der Waals surface area contributed by atoms with Gasteiger partial charge < -0.3 is 4.74 Å². The third kappa shape index (κ3) is 2.60. The van der Waals surface area contributed by atoms with E-state index in [2.05, 4.69) is 4.98 Å². The van der Waals surface area contributed by atoms with Crippen molar-refractivity contribution in [1.29, 1.82) is 5.26 Å². The second kappa shape index (κ2) is 5.18. The molecule has 0 amide bonds. The second-order valence-corrected chi connectivity index (χ2v) is 5.22. The summed E-state index contributed by atoms with van der Waals surface area (Å²) in [5, 5.41) is 8.77. The summed E-state index contributed by atoms with van der Waals surface area (Å²) in [5.41, 5.74) is 0.284. The van der Waals surface area contributed by atoms with Crippen molar-refractivity contribution < 1.29 is 17.9 Å². The first-order valence-electron chi connectivity index (χ1n) is 6.32. The molecule has 112 valence electrons. The van der Waals surface area contributed by atoms with Crippen LogP contribution < -0.4 is 4.74 Å². The molecule has 0 saturated heterocycles. The molecule has 1 atom stereocenters. The Bertz CT molecular complexity index is 783. The molecule has 2 aromatic rings. The lowest BCUT2D eigenvalue weighted by Crippen LogP contribution is -2.06. The summed E-state index contributed by atoms with van der Waals surface area (Å²) in [7, 11) is 0. The minimum atomic E-state index is -4.46. The van der Waals surface area contributed by atoms with Crippen LogP contribution in [0.1, 0.15) is 28.6 Å². The van der Waals surface area contributed by atoms with E-state index in [-0.39, 0.29) is 22.9 Å². The summed E-state index contributed by atoms with van der Waals surface area (Å²) in [4.78, 5) is 4.11. The topological polar surface area (TPSA) is 45.9 Å². The van der Waals surface area contributed by atoms with Crippen molar-refractivity contribution >= 4 is 11.6 Å². The van der Waals surface area contributed by atoms with E-state index >= 15 is 0 Å². The molecule has 0 bridgehead atoms. The SMILES string of the molecule is N#Cc1cccc(C2Cc3cc(C(F)(F)F)cc(Cl)c3O2)n1. The maximum absolute atomic E-state index is 12.8. The molecule has 1 aliphatic heterocycles. The Balaban J connectivity index is 1.96. The third-order valence-electron chi connectivity index (χ3n) is 3.33. The number of ether oxygens (including phenoxy) is 1. The second-order valence-electron chi connectivity index (χ2n) is 4.81. The summed E-state index contributed by atoms with van der Waals surface area (Å²) in [6, 6.07) is 8.65. The predicted molar refractivity (Wildman–Crippen MR) is 72.5 cm³/mol. The Kier molecular flexibility index (Phi) is 3.45. The Hall–Kier alpha value is -2.26. The molecule has 0 spiro atoms. The van der Waals surface area contributed by atoms with Gasteiger partial charge in [0.05, 0.1) is 16.3 Å². The summed E-state index contributed by atoms with van der Waals surface area (Å²) in [6.45, 7) is 0. The first kappa shape index (κ1) is 14.7. The zero-order valence-corrected chi connectivity index (χ0v) is 11.7. The fourth-order valence-corrected chi connectivity index (χ4v) is 2.62. The van der Waals surface area contributed by atoms with Crippen molar-refractivity contribution in [3.8, 4) is 11.8 Å². The molecule has 0 fully saturated rings. The predicted octanol–water partition coefficient (Wildman–Crippen LogP) is 4.30. The smallest absolute Gasteiger partial charge is 0.416 e. The van der Waals surface area contributed by atoms with Crippen LogP contribution in [0.4, 0.5) is 13.2 Å². The fraction of sp³-hybridized carbons (Fsp3) is 0.200. The van der Waals surface area contributed by atoms with Crippen LogP contribution in [-0.4, -0.2) is 4.98 Å². The van der Waals surface area contributed by atoms with Crippen molar-refractivity contribution in [2.45, 2.75) is 18.7 Å². The molecule has 1 unspecified atom stereocenters. The summed E-state index contributed by atoms with van der Waals surface area (Å²) in [6.07, 6.45) is -4.79. The number of pyridine rings is 1. The minimum Gasteiger partial charge on any atom is -0.482 e. The van der Waals surface area contributed by atoms with Gasteiger partial charge >= 0.3 is 6.18 Å². The summed E-state index contributed by atoms with van der Waals surface area (Å²) in [5.74, 6) is 0.240. The van der Waals surface area contributed by atoms with E-state index in [1.807, 2.05) is 6.07 Å². The van der Waals surface area contributed by atoms with Crippen LogP contribution in [0.15, 0.2) is 30.3 Å². The first-order chi connectivity index (χ1) is 10.4. The van der Waals surface area contributed by atoms with Gasteiger partial charge in [0.2, 0.25) is 0 Å². The van der Waals surface area contributed by atoms with Crippen molar-refractivity contribution in [2.24, 2.45) is 0 Å². The Labute approximate surface area is 128 Å². The molecule has 2 heterocycles. The van der Waals surface area contributed by atoms with Gasteiger partial charge in [-0.15, -0.1) is 0 Å². The number of benzene rings is 1. The molecular weight excluding hydrogens is 317 g/mol. The quantitative estimate of drug-likeness (QED) is 0.785. The number of nitrogens with zero attached hydrogens (tertiary/aromatic N) is 2. The van der Waals surface area contributed by atoms with Crippen LogP contribution in [0.2, 0.25) is 5.02 Å². The molecule has 0 N–H and O–H groups in total. The molecule has 22 heavy (non-hydrogen) atoms. The number of aromatic nitrogens is 1. The maximum Gasteiger partial charge on any atom is 0.416 e. The number of alkyl halides is 3. The minimum absolute atomic E-state index is 0.0798. The number of rotatable bonds is 1. The molecule has 0 aliphatic carbocycles. The fourth-order valence-electron chi connectivity index (χ4n) is 2.34. The highest BCUT2D eigenvalue weighted by atomic mass is 35.5. The number of halogens is 4. The van der Waals surface area contributed by atoms with Crippen molar-refractivity contribution in [3.63, 3.8) is 0 Å². The lowest BCUT2D eigenvalue weighted by molar-refractivity contribution is -0.137. The normalized spacial score (nSPS) is 16.8. The lowest BCUT2D eigenvalue weighted by atomic mass is 10.0. The molecule has 3 nitrogen and oxygen atoms in total. The first-order valence-corrected chi connectivity index (χ1v) is 6.69. The van der Waals surface area contributed by atoms with E-state index in [1.165, 1.54) is 0 Å². The highest BCUT2D eigenvalue weighted by Crippen LogP contribution is 2.44. The van der Waals surface area contributed by atoms with Gasteiger partial charge in [0, 0.05) is 12.0 Å². The van der Waals surface area contributed by atoms with Crippen LogP contribution in [0.5, 0.6) is 5.75 Å². The third-order valence-corrected chi connectivity index (χ3v) is 3.61. The average molecular weight is 325 g/mol. The van der Waals surface area contributed by atoms with Gasteiger partial charge in [-0.25, -0.2) is 4.98 Å². The molecule has 0 radical (unpaired) electrons. The Morgan fingerprint density at radius 1 is 1.32 bits per heavy atom. The van der Waals surface area contributed by atoms with Gasteiger partial charge in [-0.05, 0) is 24.3 Å². The van der Waals surface area contributed by atoms with Crippen molar-refractivity contribution in [2.75, 3.05) is 0 Å². The molecule has 1 aromatic heterocycles. The molecule has 1 aromatic carbocycles. The van der Waals surface area contributed by atoms with Gasteiger partial charge in [-0.2, -0.15) is 18.4 Å². The van der Waals surface area contributed by atoms with E-state index < -0.39 is 17.8 Å².